The van der Waals surface area contributed by atoms with E-state index in [2.05, 4.69) is 39.6 Å². The molecule has 1 heterocycles. The van der Waals surface area contributed by atoms with Crippen LogP contribution in [0.3, 0.4) is 0 Å². The van der Waals surface area contributed by atoms with Crippen molar-refractivity contribution in [2.24, 2.45) is 17.8 Å². The van der Waals surface area contributed by atoms with Crippen LogP contribution in [0.4, 0.5) is 0 Å². The summed E-state index contributed by atoms with van der Waals surface area (Å²) < 4.78 is 0. The van der Waals surface area contributed by atoms with Gasteiger partial charge in [0.25, 0.3) is 0 Å². The lowest BCUT2D eigenvalue weighted by Crippen LogP contribution is -2.29. The van der Waals surface area contributed by atoms with Gasteiger partial charge in [-0.15, -0.1) is 0 Å². The summed E-state index contributed by atoms with van der Waals surface area (Å²) in [6.07, 6.45) is 1.41. The molecule has 1 aliphatic rings. The molecule has 0 aromatic rings. The average molecular weight is 169 g/mol. The van der Waals surface area contributed by atoms with Gasteiger partial charge in [-0.05, 0) is 31.2 Å². The Hall–Kier alpha value is -0.0400. The van der Waals surface area contributed by atoms with Crippen LogP contribution >= 0.6 is 0 Å². The fourth-order valence-corrected chi connectivity index (χ4v) is 2.33. The zero-order valence-corrected chi connectivity index (χ0v) is 9.17. The minimum Gasteiger partial charge on any atom is -0.303 e. The molecule has 0 unspecified atom stereocenters. The summed E-state index contributed by atoms with van der Waals surface area (Å²) in [6, 6.07) is 0.831. The van der Waals surface area contributed by atoms with Gasteiger partial charge in [0, 0.05) is 12.6 Å². The zero-order chi connectivity index (χ0) is 9.30. The molecule has 0 saturated carbocycles. The van der Waals surface area contributed by atoms with E-state index in [-0.39, 0.29) is 0 Å². The maximum atomic E-state index is 2.54. The van der Waals surface area contributed by atoms with Gasteiger partial charge in [-0.3, -0.25) is 0 Å². The van der Waals surface area contributed by atoms with Crippen molar-refractivity contribution in [3.8, 4) is 0 Å². The molecule has 0 aromatic carbocycles. The van der Waals surface area contributed by atoms with Gasteiger partial charge < -0.3 is 4.90 Å². The molecule has 2 atom stereocenters. The smallest absolute Gasteiger partial charge is 0.0118 e. The quantitative estimate of drug-likeness (QED) is 0.614. The van der Waals surface area contributed by atoms with Gasteiger partial charge in [0.1, 0.15) is 0 Å². The molecule has 1 heteroatoms. The Morgan fingerprint density at radius 2 is 1.67 bits per heavy atom. The Morgan fingerprint density at radius 1 is 1.08 bits per heavy atom. The maximum absolute atomic E-state index is 2.54. The lowest BCUT2D eigenvalue weighted by molar-refractivity contribution is 0.249. The number of rotatable bonds is 2. The van der Waals surface area contributed by atoms with Gasteiger partial charge in [-0.1, -0.05) is 27.7 Å². The van der Waals surface area contributed by atoms with Gasteiger partial charge in [-0.2, -0.15) is 0 Å². The van der Waals surface area contributed by atoms with Crippen molar-refractivity contribution in [2.45, 2.75) is 40.2 Å². The summed E-state index contributed by atoms with van der Waals surface area (Å²) in [5, 5.41) is 0. The Labute approximate surface area is 77.1 Å². The van der Waals surface area contributed by atoms with Crippen molar-refractivity contribution in [2.75, 3.05) is 13.6 Å². The molecular weight excluding hydrogens is 146 g/mol. The van der Waals surface area contributed by atoms with Gasteiger partial charge in [0.15, 0.2) is 0 Å². The van der Waals surface area contributed by atoms with Crippen molar-refractivity contribution < 1.29 is 0 Å². The van der Waals surface area contributed by atoms with Crippen LogP contribution in [0.2, 0.25) is 0 Å². The first-order valence-corrected chi connectivity index (χ1v) is 5.22. The van der Waals surface area contributed by atoms with Crippen molar-refractivity contribution in [1.29, 1.82) is 0 Å². The highest BCUT2D eigenvalue weighted by Gasteiger charge is 2.32. The van der Waals surface area contributed by atoms with E-state index in [1.807, 2.05) is 0 Å². The summed E-state index contributed by atoms with van der Waals surface area (Å²) in [4.78, 5) is 2.54. The molecule has 0 spiro atoms. The van der Waals surface area contributed by atoms with Crippen molar-refractivity contribution >= 4 is 0 Å². The van der Waals surface area contributed by atoms with Crippen molar-refractivity contribution in [3.63, 3.8) is 0 Å². The van der Waals surface area contributed by atoms with Crippen LogP contribution < -0.4 is 0 Å². The number of hydrogen-bond donors (Lipinski definition) is 0. The zero-order valence-electron chi connectivity index (χ0n) is 9.17. The highest BCUT2D eigenvalue weighted by Crippen LogP contribution is 2.31. The molecule has 1 saturated heterocycles. The van der Waals surface area contributed by atoms with E-state index in [9.17, 15) is 0 Å². The van der Waals surface area contributed by atoms with E-state index in [0.29, 0.717) is 0 Å². The van der Waals surface area contributed by atoms with E-state index in [0.717, 1.165) is 23.8 Å². The molecule has 0 aromatic heterocycles. The molecule has 12 heavy (non-hydrogen) atoms. The molecule has 0 aliphatic carbocycles. The van der Waals surface area contributed by atoms with Crippen LogP contribution in [0.5, 0.6) is 0 Å². The van der Waals surface area contributed by atoms with E-state index >= 15 is 0 Å². The van der Waals surface area contributed by atoms with Gasteiger partial charge >= 0.3 is 0 Å². The second kappa shape index (κ2) is 3.78. The molecule has 0 radical (unpaired) electrons. The minimum absolute atomic E-state index is 0.818. The highest BCUT2D eigenvalue weighted by atomic mass is 15.2. The topological polar surface area (TPSA) is 3.24 Å². The molecule has 1 nitrogen and oxygen atoms in total. The van der Waals surface area contributed by atoms with Crippen molar-refractivity contribution in [1.82, 2.24) is 4.90 Å². The Morgan fingerprint density at radius 3 is 1.92 bits per heavy atom. The standard InChI is InChI=1S/C11H23N/c1-8(2)10-6-11(9(3)4)12(5)7-10/h8-11H,6-7H2,1-5H3/t10-,11+/m0/s1. The van der Waals surface area contributed by atoms with E-state index in [1.165, 1.54) is 13.0 Å². The molecule has 0 amide bonds. The molecule has 1 fully saturated rings. The maximum Gasteiger partial charge on any atom is 0.0118 e. The fourth-order valence-electron chi connectivity index (χ4n) is 2.33. The minimum atomic E-state index is 0.818. The number of likely N-dealkylation sites (tertiary alicyclic amines) is 1. The van der Waals surface area contributed by atoms with E-state index < -0.39 is 0 Å². The summed E-state index contributed by atoms with van der Waals surface area (Å²) in [7, 11) is 2.27. The van der Waals surface area contributed by atoms with Crippen LogP contribution in [0.15, 0.2) is 0 Å². The lowest BCUT2D eigenvalue weighted by atomic mass is 9.90. The van der Waals surface area contributed by atoms with Crippen LogP contribution in [-0.4, -0.2) is 24.5 Å². The Kier molecular flexibility index (Phi) is 3.16. The molecule has 0 bridgehead atoms. The molecule has 1 aliphatic heterocycles. The summed E-state index contributed by atoms with van der Waals surface area (Å²) in [5.41, 5.74) is 0. The first-order chi connectivity index (χ1) is 5.52. The predicted molar refractivity (Wildman–Crippen MR) is 54.2 cm³/mol. The Bertz CT molecular complexity index is 140. The predicted octanol–water partition coefficient (Wildman–Crippen LogP) is 2.62. The van der Waals surface area contributed by atoms with E-state index in [1.54, 1.807) is 0 Å². The third-order valence-corrected chi connectivity index (χ3v) is 3.35. The fraction of sp³-hybridized carbons (Fsp3) is 1.00. The SMILES string of the molecule is CC(C)[C@H]1C[C@H](C(C)C)N(C)C1. The lowest BCUT2D eigenvalue weighted by Gasteiger charge is -2.22. The number of hydrogen-bond acceptors (Lipinski definition) is 1. The largest absolute Gasteiger partial charge is 0.303 e. The molecule has 72 valence electrons. The molecule has 1 rings (SSSR count). The van der Waals surface area contributed by atoms with E-state index in [4.69, 9.17) is 0 Å². The summed E-state index contributed by atoms with van der Waals surface area (Å²) >= 11 is 0. The number of nitrogens with zero attached hydrogens (tertiary/aromatic N) is 1. The monoisotopic (exact) mass is 169 g/mol. The molecular formula is C11H23N. The first-order valence-electron chi connectivity index (χ1n) is 5.22. The van der Waals surface area contributed by atoms with Gasteiger partial charge in [-0.25, -0.2) is 0 Å². The van der Waals surface area contributed by atoms with Crippen LogP contribution in [-0.2, 0) is 0 Å². The van der Waals surface area contributed by atoms with Crippen LogP contribution in [0, 0.1) is 17.8 Å². The van der Waals surface area contributed by atoms with Gasteiger partial charge in [0.2, 0.25) is 0 Å². The van der Waals surface area contributed by atoms with Crippen LogP contribution in [0.25, 0.3) is 0 Å². The Balaban J connectivity index is 2.50. The molecule has 0 N–H and O–H groups in total. The van der Waals surface area contributed by atoms with Crippen molar-refractivity contribution in [3.05, 3.63) is 0 Å². The second-order valence-electron chi connectivity index (χ2n) is 4.99. The van der Waals surface area contributed by atoms with Crippen LogP contribution in [0.1, 0.15) is 34.1 Å². The highest BCUT2D eigenvalue weighted by molar-refractivity contribution is 4.86. The normalized spacial score (nSPS) is 32.2. The first kappa shape index (κ1) is 10.0. The second-order valence-corrected chi connectivity index (χ2v) is 4.99. The summed E-state index contributed by atoms with van der Waals surface area (Å²) in [6.45, 7) is 10.7. The average Bonchev–Trinajstić information content (AvgIpc) is 2.30. The summed E-state index contributed by atoms with van der Waals surface area (Å²) in [5.74, 6) is 2.61. The van der Waals surface area contributed by atoms with Gasteiger partial charge in [0.05, 0.1) is 0 Å². The third-order valence-electron chi connectivity index (χ3n) is 3.35. The third kappa shape index (κ3) is 2.01.